The number of rotatable bonds is 5. The highest BCUT2D eigenvalue weighted by Gasteiger charge is 2.14. The van der Waals surface area contributed by atoms with Gasteiger partial charge in [0.1, 0.15) is 5.75 Å². The molecule has 2 aromatic rings. The van der Waals surface area contributed by atoms with Crippen molar-refractivity contribution in [1.29, 1.82) is 0 Å². The third kappa shape index (κ3) is 6.17. The molecular weight excluding hydrogens is 384 g/mol. The summed E-state index contributed by atoms with van der Waals surface area (Å²) < 4.78 is 5.59. The molecule has 0 aromatic heterocycles. The Morgan fingerprint density at radius 3 is 2.21 bits per heavy atom. The highest BCUT2D eigenvalue weighted by molar-refractivity contribution is 7.80. The zero-order valence-corrected chi connectivity index (χ0v) is 18.0. The minimum absolute atomic E-state index is 0.0918. The van der Waals surface area contributed by atoms with Gasteiger partial charge in [-0.3, -0.25) is 10.1 Å². The van der Waals surface area contributed by atoms with Gasteiger partial charge in [-0.1, -0.05) is 0 Å². The summed E-state index contributed by atoms with van der Waals surface area (Å²) in [6.45, 7) is 8.11. The number of thiocarbonyl (C=S) groups is 1. The van der Waals surface area contributed by atoms with Crippen LogP contribution in [0, 0.1) is 0 Å². The van der Waals surface area contributed by atoms with Crippen molar-refractivity contribution in [2.75, 3.05) is 43.4 Å². The van der Waals surface area contributed by atoms with Crippen molar-refractivity contribution in [2.45, 2.75) is 20.0 Å². The minimum atomic E-state index is -0.257. The summed E-state index contributed by atoms with van der Waals surface area (Å²) in [5.74, 6) is 0.477. The number of ether oxygens (including phenoxy) is 1. The van der Waals surface area contributed by atoms with E-state index in [-0.39, 0.29) is 17.1 Å². The molecule has 3 rings (SSSR count). The van der Waals surface area contributed by atoms with Crippen LogP contribution < -0.4 is 20.3 Å². The van der Waals surface area contributed by atoms with Gasteiger partial charge in [-0.15, -0.1) is 0 Å². The normalized spacial score (nSPS) is 14.6. The van der Waals surface area contributed by atoms with E-state index in [1.165, 1.54) is 5.69 Å². The molecule has 0 saturated carbocycles. The molecule has 1 amide bonds. The second kappa shape index (κ2) is 9.71. The Morgan fingerprint density at radius 2 is 1.62 bits per heavy atom. The zero-order chi connectivity index (χ0) is 20.8. The molecule has 0 aliphatic carbocycles. The first kappa shape index (κ1) is 21.1. The second-order valence-electron chi connectivity index (χ2n) is 7.44. The molecule has 0 bridgehead atoms. The molecule has 1 fully saturated rings. The van der Waals surface area contributed by atoms with Crippen LogP contribution >= 0.6 is 12.2 Å². The summed E-state index contributed by atoms with van der Waals surface area (Å²) in [4.78, 5) is 17.1. The zero-order valence-electron chi connectivity index (χ0n) is 17.1. The number of nitrogens with one attached hydrogen (secondary N) is 2. The Kier molecular flexibility index (Phi) is 7.06. The first-order valence-electron chi connectivity index (χ1n) is 9.83. The predicted molar refractivity (Wildman–Crippen MR) is 122 cm³/mol. The van der Waals surface area contributed by atoms with Gasteiger partial charge in [0.25, 0.3) is 5.91 Å². The Bertz CT molecular complexity index is 829. The Labute approximate surface area is 177 Å². The fourth-order valence-electron chi connectivity index (χ4n) is 3.11. The van der Waals surface area contributed by atoms with E-state index >= 15 is 0 Å². The first-order valence-corrected chi connectivity index (χ1v) is 10.2. The molecule has 7 heteroatoms. The van der Waals surface area contributed by atoms with Crippen LogP contribution in [0.1, 0.15) is 24.2 Å². The number of nitrogens with zero attached hydrogens (tertiary/aromatic N) is 2. The maximum absolute atomic E-state index is 12.4. The maximum Gasteiger partial charge on any atom is 0.257 e. The largest absolute Gasteiger partial charge is 0.491 e. The van der Waals surface area contributed by atoms with Crippen molar-refractivity contribution in [3.63, 3.8) is 0 Å². The lowest BCUT2D eigenvalue weighted by atomic mass is 10.2. The van der Waals surface area contributed by atoms with Crippen molar-refractivity contribution in [1.82, 2.24) is 10.2 Å². The second-order valence-corrected chi connectivity index (χ2v) is 7.84. The lowest BCUT2D eigenvalue weighted by Crippen LogP contribution is -2.44. The van der Waals surface area contributed by atoms with E-state index in [2.05, 4.69) is 39.6 Å². The van der Waals surface area contributed by atoms with Crippen molar-refractivity contribution < 1.29 is 9.53 Å². The van der Waals surface area contributed by atoms with Crippen LogP contribution in [0.15, 0.2) is 48.5 Å². The third-order valence-corrected chi connectivity index (χ3v) is 4.91. The van der Waals surface area contributed by atoms with Crippen molar-refractivity contribution in [3.05, 3.63) is 54.1 Å². The average Bonchev–Trinajstić information content (AvgIpc) is 2.69. The van der Waals surface area contributed by atoms with E-state index in [1.54, 1.807) is 24.3 Å². The Morgan fingerprint density at radius 1 is 1.00 bits per heavy atom. The highest BCUT2D eigenvalue weighted by Crippen LogP contribution is 2.19. The van der Waals surface area contributed by atoms with E-state index < -0.39 is 0 Å². The van der Waals surface area contributed by atoms with Gasteiger partial charge in [0.15, 0.2) is 5.11 Å². The van der Waals surface area contributed by atoms with Gasteiger partial charge in [-0.25, -0.2) is 0 Å². The van der Waals surface area contributed by atoms with E-state index in [1.807, 2.05) is 26.0 Å². The summed E-state index contributed by atoms with van der Waals surface area (Å²) in [7, 11) is 2.15. The van der Waals surface area contributed by atoms with Crippen molar-refractivity contribution in [3.8, 4) is 5.75 Å². The summed E-state index contributed by atoms with van der Waals surface area (Å²) in [5, 5.41) is 6.05. The summed E-state index contributed by atoms with van der Waals surface area (Å²) in [6, 6.07) is 15.1. The quantitative estimate of drug-likeness (QED) is 0.735. The molecule has 29 heavy (non-hydrogen) atoms. The number of anilines is 2. The number of benzene rings is 2. The Balaban J connectivity index is 1.51. The monoisotopic (exact) mass is 412 g/mol. The number of carbonyl (C=O) groups is 1. The molecule has 154 valence electrons. The SMILES string of the molecule is CC(C)Oc1ccc(C(=O)NC(=S)Nc2ccc(N3CCN(C)CC3)cc2)cc1. The van der Waals surface area contributed by atoms with Crippen LogP contribution in [0.25, 0.3) is 0 Å². The van der Waals surface area contributed by atoms with E-state index in [0.29, 0.717) is 5.56 Å². The summed E-state index contributed by atoms with van der Waals surface area (Å²) in [6.07, 6.45) is 0.0918. The fraction of sp³-hybridized carbons (Fsp3) is 0.364. The van der Waals surface area contributed by atoms with Gasteiger partial charge in [-0.2, -0.15) is 0 Å². The summed E-state index contributed by atoms with van der Waals surface area (Å²) >= 11 is 5.28. The summed E-state index contributed by atoms with van der Waals surface area (Å²) in [5.41, 5.74) is 2.56. The lowest BCUT2D eigenvalue weighted by Gasteiger charge is -2.34. The van der Waals surface area contributed by atoms with Gasteiger partial charge < -0.3 is 19.9 Å². The topological polar surface area (TPSA) is 56.8 Å². The molecular formula is C22H28N4O2S. The molecule has 1 saturated heterocycles. The molecule has 1 aliphatic rings. The smallest absolute Gasteiger partial charge is 0.257 e. The number of hydrogen-bond acceptors (Lipinski definition) is 5. The van der Waals surface area contributed by atoms with Gasteiger partial charge >= 0.3 is 0 Å². The van der Waals surface area contributed by atoms with Crippen LogP contribution in [-0.4, -0.2) is 55.3 Å². The molecule has 0 radical (unpaired) electrons. The molecule has 1 aliphatic heterocycles. The molecule has 0 atom stereocenters. The third-order valence-electron chi connectivity index (χ3n) is 4.71. The molecule has 6 nitrogen and oxygen atoms in total. The van der Waals surface area contributed by atoms with E-state index in [9.17, 15) is 4.79 Å². The number of hydrogen-bond donors (Lipinski definition) is 2. The molecule has 2 aromatic carbocycles. The Hall–Kier alpha value is -2.64. The van der Waals surface area contributed by atoms with Crippen LogP contribution in [0.3, 0.4) is 0 Å². The number of piperazine rings is 1. The lowest BCUT2D eigenvalue weighted by molar-refractivity contribution is 0.0977. The number of likely N-dealkylation sites (N-methyl/N-ethyl adjacent to an activating group) is 1. The highest BCUT2D eigenvalue weighted by atomic mass is 32.1. The molecule has 0 spiro atoms. The van der Waals surface area contributed by atoms with Crippen molar-refractivity contribution >= 4 is 34.6 Å². The fourth-order valence-corrected chi connectivity index (χ4v) is 3.33. The minimum Gasteiger partial charge on any atom is -0.491 e. The average molecular weight is 413 g/mol. The van der Waals surface area contributed by atoms with Crippen LogP contribution in [0.5, 0.6) is 5.75 Å². The van der Waals surface area contributed by atoms with Crippen LogP contribution in [-0.2, 0) is 0 Å². The number of amides is 1. The first-order chi connectivity index (χ1) is 13.9. The van der Waals surface area contributed by atoms with E-state index in [0.717, 1.165) is 37.6 Å². The van der Waals surface area contributed by atoms with Crippen LogP contribution in [0.2, 0.25) is 0 Å². The van der Waals surface area contributed by atoms with Gasteiger partial charge in [0, 0.05) is 43.1 Å². The molecule has 0 unspecified atom stereocenters. The van der Waals surface area contributed by atoms with Gasteiger partial charge in [0.2, 0.25) is 0 Å². The van der Waals surface area contributed by atoms with Gasteiger partial charge in [0.05, 0.1) is 6.10 Å². The predicted octanol–water partition coefficient (Wildman–Crippen LogP) is 3.35. The molecule has 1 heterocycles. The molecule has 2 N–H and O–H groups in total. The van der Waals surface area contributed by atoms with Crippen LogP contribution in [0.4, 0.5) is 11.4 Å². The number of carbonyl (C=O) groups excluding carboxylic acids is 1. The van der Waals surface area contributed by atoms with Crippen molar-refractivity contribution in [2.24, 2.45) is 0 Å². The van der Waals surface area contributed by atoms with Gasteiger partial charge in [-0.05, 0) is 81.6 Å². The maximum atomic E-state index is 12.4. The van der Waals surface area contributed by atoms with E-state index in [4.69, 9.17) is 17.0 Å². The standard InChI is InChI=1S/C22H28N4O2S/c1-16(2)28-20-10-4-17(5-11-20)21(27)24-22(29)23-18-6-8-19(9-7-18)26-14-12-25(3)13-15-26/h4-11,16H,12-15H2,1-3H3,(H2,23,24,27,29).